The van der Waals surface area contributed by atoms with Crippen molar-refractivity contribution in [2.24, 2.45) is 0 Å². The molecule has 0 amide bonds. The lowest BCUT2D eigenvalue weighted by molar-refractivity contribution is -0.232. The smallest absolute Gasteiger partial charge is 0.195 e. The standard InChI is InChI=1S/C22H20O11/c23-6-14-19(30)20(31)21(32)22(33-14)16-13(28)5-12(27)15-11(26)4-8(18(29)17(15)16)7-1-2-9(24)10(25)3-7/h1-5,14,19-25,27-28,30-32H,6H2/t14-,19-,20+,21-,22+/m1/s1. The van der Waals surface area contributed by atoms with Crippen molar-refractivity contribution < 1.29 is 55.2 Å². The summed E-state index contributed by atoms with van der Waals surface area (Å²) < 4.78 is 5.46. The number of rotatable bonds is 3. The van der Waals surface area contributed by atoms with E-state index < -0.39 is 88.4 Å². The number of hydrogen-bond acceptors (Lipinski definition) is 11. The van der Waals surface area contributed by atoms with Crippen LogP contribution < -0.4 is 0 Å². The molecular formula is C22H20O11. The van der Waals surface area contributed by atoms with Gasteiger partial charge >= 0.3 is 0 Å². The zero-order chi connectivity index (χ0) is 24.2. The molecule has 1 aliphatic heterocycles. The van der Waals surface area contributed by atoms with Crippen LogP contribution in [0.4, 0.5) is 0 Å². The van der Waals surface area contributed by atoms with Gasteiger partial charge in [0.1, 0.15) is 42.0 Å². The Bertz CT molecular complexity index is 1180. The summed E-state index contributed by atoms with van der Waals surface area (Å²) in [5.74, 6) is -4.23. The van der Waals surface area contributed by atoms with Gasteiger partial charge in [-0.3, -0.25) is 9.59 Å². The van der Waals surface area contributed by atoms with Crippen LogP contribution in [-0.2, 0) is 4.74 Å². The maximum absolute atomic E-state index is 13.4. The molecule has 5 atom stereocenters. The van der Waals surface area contributed by atoms with Gasteiger partial charge < -0.3 is 45.6 Å². The number of fused-ring (bicyclic) bond motifs is 1. The van der Waals surface area contributed by atoms with E-state index in [1.165, 1.54) is 6.07 Å². The first-order chi connectivity index (χ1) is 15.6. The third-order valence-electron chi connectivity index (χ3n) is 5.78. The molecule has 0 spiro atoms. The number of aromatic hydroxyl groups is 4. The van der Waals surface area contributed by atoms with Gasteiger partial charge in [-0.1, -0.05) is 6.07 Å². The van der Waals surface area contributed by atoms with Gasteiger partial charge in [-0.05, 0) is 23.8 Å². The van der Waals surface area contributed by atoms with E-state index in [4.69, 9.17) is 4.74 Å². The first kappa shape index (κ1) is 22.7. The van der Waals surface area contributed by atoms with Crippen molar-refractivity contribution in [1.82, 2.24) is 0 Å². The normalized spacial score (nSPS) is 27.3. The van der Waals surface area contributed by atoms with E-state index in [2.05, 4.69) is 0 Å². The molecule has 11 nitrogen and oxygen atoms in total. The highest BCUT2D eigenvalue weighted by molar-refractivity contribution is 6.39. The lowest BCUT2D eigenvalue weighted by Gasteiger charge is -2.41. The van der Waals surface area contributed by atoms with Gasteiger partial charge in [-0.15, -0.1) is 0 Å². The van der Waals surface area contributed by atoms with E-state index in [1.54, 1.807) is 0 Å². The first-order valence-electron chi connectivity index (χ1n) is 9.79. The minimum absolute atomic E-state index is 0.0388. The van der Waals surface area contributed by atoms with E-state index in [0.29, 0.717) is 0 Å². The number of carbonyl (C=O) groups excluding carboxylic acids is 2. The molecule has 0 saturated carbocycles. The second-order valence-electron chi connectivity index (χ2n) is 7.78. The van der Waals surface area contributed by atoms with Crippen LogP contribution >= 0.6 is 0 Å². The predicted octanol–water partition coefficient (Wildman–Crippen LogP) is -0.513. The highest BCUT2D eigenvalue weighted by atomic mass is 16.5. The molecule has 8 N–H and O–H groups in total. The topological polar surface area (TPSA) is 205 Å². The molecule has 11 heteroatoms. The van der Waals surface area contributed by atoms with Crippen molar-refractivity contribution in [3.8, 4) is 23.0 Å². The molecular weight excluding hydrogens is 440 g/mol. The number of ether oxygens (including phenoxy) is 1. The van der Waals surface area contributed by atoms with Gasteiger partial charge in [0.2, 0.25) is 0 Å². The van der Waals surface area contributed by atoms with Crippen molar-refractivity contribution >= 4 is 17.1 Å². The lowest BCUT2D eigenvalue weighted by atomic mass is 9.79. The molecule has 2 aliphatic rings. The van der Waals surface area contributed by atoms with E-state index in [0.717, 1.165) is 24.3 Å². The van der Waals surface area contributed by atoms with E-state index in [-0.39, 0.29) is 11.1 Å². The Morgan fingerprint density at radius 1 is 0.788 bits per heavy atom. The van der Waals surface area contributed by atoms with Gasteiger partial charge in [0, 0.05) is 22.8 Å². The molecule has 4 rings (SSSR count). The SMILES string of the molecule is O=C1C=C(c2ccc(O)c(O)c2)C(=O)c2c1c(O)cc(O)c2[C@@H]1O[C@H](CO)[C@@H](O)[C@H](O)[C@H]1O. The van der Waals surface area contributed by atoms with Gasteiger partial charge in [-0.25, -0.2) is 0 Å². The highest BCUT2D eigenvalue weighted by Crippen LogP contribution is 2.45. The quantitative estimate of drug-likeness (QED) is 0.274. The summed E-state index contributed by atoms with van der Waals surface area (Å²) in [5, 5.41) is 80.3. The summed E-state index contributed by atoms with van der Waals surface area (Å²) in [6, 6.07) is 4.16. The summed E-state index contributed by atoms with van der Waals surface area (Å²) in [5.41, 5.74) is -1.66. The van der Waals surface area contributed by atoms with Crippen LogP contribution in [0.3, 0.4) is 0 Å². The van der Waals surface area contributed by atoms with Crippen molar-refractivity contribution in [3.05, 3.63) is 52.6 Å². The number of allylic oxidation sites excluding steroid dienone is 2. The van der Waals surface area contributed by atoms with Crippen LogP contribution in [0.1, 0.15) is 37.9 Å². The predicted molar refractivity (Wildman–Crippen MR) is 109 cm³/mol. The number of hydrogen-bond donors (Lipinski definition) is 8. The third kappa shape index (κ3) is 3.52. The van der Waals surface area contributed by atoms with Crippen molar-refractivity contribution in [2.75, 3.05) is 6.61 Å². The second kappa shape index (κ2) is 8.14. The van der Waals surface area contributed by atoms with Crippen LogP contribution in [0.25, 0.3) is 5.57 Å². The van der Waals surface area contributed by atoms with Crippen LogP contribution in [-0.4, -0.2) is 83.4 Å². The maximum Gasteiger partial charge on any atom is 0.195 e. The molecule has 0 aromatic heterocycles. The zero-order valence-electron chi connectivity index (χ0n) is 16.8. The monoisotopic (exact) mass is 460 g/mol. The minimum atomic E-state index is -1.88. The van der Waals surface area contributed by atoms with Gasteiger partial charge in [0.05, 0.1) is 12.2 Å². The average molecular weight is 460 g/mol. The fraction of sp³-hybridized carbons (Fsp3) is 0.273. The Hall–Kier alpha value is -3.48. The first-order valence-corrected chi connectivity index (χ1v) is 9.79. The second-order valence-corrected chi connectivity index (χ2v) is 7.78. The number of benzene rings is 2. The molecule has 1 heterocycles. The Morgan fingerprint density at radius 3 is 2.12 bits per heavy atom. The van der Waals surface area contributed by atoms with E-state index in [9.17, 15) is 50.4 Å². The van der Waals surface area contributed by atoms with Gasteiger partial charge in [0.25, 0.3) is 0 Å². The average Bonchev–Trinajstić information content (AvgIpc) is 2.77. The van der Waals surface area contributed by atoms with E-state index in [1.807, 2.05) is 0 Å². The summed E-state index contributed by atoms with van der Waals surface area (Å²) in [6.07, 6.45) is -7.54. The Morgan fingerprint density at radius 2 is 1.48 bits per heavy atom. The highest BCUT2D eigenvalue weighted by Gasteiger charge is 2.47. The van der Waals surface area contributed by atoms with Crippen LogP contribution in [0.15, 0.2) is 30.3 Å². The van der Waals surface area contributed by atoms with Crippen molar-refractivity contribution in [1.29, 1.82) is 0 Å². The number of phenols is 4. The maximum atomic E-state index is 13.4. The number of aliphatic hydroxyl groups excluding tert-OH is 4. The van der Waals surface area contributed by atoms with Crippen LogP contribution in [0.2, 0.25) is 0 Å². The molecule has 174 valence electrons. The number of phenolic OH excluding ortho intramolecular Hbond substituents is 4. The van der Waals surface area contributed by atoms with Crippen molar-refractivity contribution in [3.63, 3.8) is 0 Å². The van der Waals surface area contributed by atoms with Gasteiger partial charge in [-0.2, -0.15) is 0 Å². The van der Waals surface area contributed by atoms with Crippen LogP contribution in [0.5, 0.6) is 23.0 Å². The molecule has 1 saturated heterocycles. The molecule has 0 unspecified atom stereocenters. The summed E-state index contributed by atoms with van der Waals surface area (Å²) in [6.45, 7) is -0.771. The van der Waals surface area contributed by atoms with E-state index >= 15 is 0 Å². The molecule has 2 aromatic rings. The Labute approximate surface area is 185 Å². The molecule has 1 fully saturated rings. The Kier molecular flexibility index (Phi) is 5.60. The molecule has 2 aromatic carbocycles. The number of Topliss-reactive ketones (excluding diaryl/α,β-unsaturated/α-hetero) is 1. The summed E-state index contributed by atoms with van der Waals surface area (Å²) >= 11 is 0. The molecule has 0 radical (unpaired) electrons. The summed E-state index contributed by atoms with van der Waals surface area (Å²) in [4.78, 5) is 26.3. The third-order valence-corrected chi connectivity index (χ3v) is 5.78. The zero-order valence-corrected chi connectivity index (χ0v) is 16.8. The molecule has 33 heavy (non-hydrogen) atoms. The lowest BCUT2D eigenvalue weighted by Crippen LogP contribution is -2.55. The minimum Gasteiger partial charge on any atom is -0.507 e. The van der Waals surface area contributed by atoms with Crippen molar-refractivity contribution in [2.45, 2.75) is 30.5 Å². The van der Waals surface area contributed by atoms with Gasteiger partial charge in [0.15, 0.2) is 23.1 Å². The Balaban J connectivity index is 1.91. The number of carbonyl (C=O) groups is 2. The fourth-order valence-electron chi connectivity index (χ4n) is 4.09. The fourth-order valence-corrected chi connectivity index (χ4v) is 4.09. The van der Waals surface area contributed by atoms with Crippen LogP contribution in [0, 0.1) is 0 Å². The molecule has 0 bridgehead atoms. The number of ketones is 2. The summed E-state index contributed by atoms with van der Waals surface area (Å²) in [7, 11) is 0. The largest absolute Gasteiger partial charge is 0.507 e. The molecule has 1 aliphatic carbocycles. The number of aliphatic hydroxyl groups is 4.